The third-order valence-corrected chi connectivity index (χ3v) is 3.24. The second-order valence-corrected chi connectivity index (χ2v) is 4.58. The normalized spacial score (nSPS) is 16.2. The summed E-state index contributed by atoms with van der Waals surface area (Å²) in [5, 5.41) is 0. The topological polar surface area (TPSA) is 66.6 Å². The van der Waals surface area contributed by atoms with Crippen molar-refractivity contribution < 1.29 is 14.0 Å². The van der Waals surface area contributed by atoms with E-state index >= 15 is 0 Å². The molecule has 102 valence electrons. The van der Waals surface area contributed by atoms with Crippen molar-refractivity contribution in [3.05, 3.63) is 35.1 Å². The van der Waals surface area contributed by atoms with Crippen molar-refractivity contribution in [3.63, 3.8) is 0 Å². The quantitative estimate of drug-likeness (QED) is 0.787. The molecule has 0 saturated carbocycles. The van der Waals surface area contributed by atoms with Crippen LogP contribution in [0.15, 0.2) is 18.2 Å². The molecule has 5 nitrogen and oxygen atoms in total. The van der Waals surface area contributed by atoms with Crippen LogP contribution in [0.2, 0.25) is 0 Å². The third kappa shape index (κ3) is 2.73. The zero-order chi connectivity index (χ0) is 14.0. The molecule has 2 rings (SSSR count). The van der Waals surface area contributed by atoms with Crippen LogP contribution in [-0.2, 0) is 22.7 Å². The minimum Gasteiger partial charge on any atom is -0.336 e. The molecule has 6 heteroatoms. The molecule has 2 N–H and O–H groups in total. The molecule has 0 spiro atoms. The fourth-order valence-electron chi connectivity index (χ4n) is 1.97. The van der Waals surface area contributed by atoms with Crippen molar-refractivity contribution in [2.24, 2.45) is 5.73 Å². The molecule has 1 saturated heterocycles. The SMILES string of the molecule is CN1CCN(Cc2ccc(CN)cc2F)C(=O)C1=O. The lowest BCUT2D eigenvalue weighted by atomic mass is 10.1. The Bertz CT molecular complexity index is 519. The first-order valence-electron chi connectivity index (χ1n) is 6.04. The van der Waals surface area contributed by atoms with E-state index in [4.69, 9.17) is 5.73 Å². The van der Waals surface area contributed by atoms with Gasteiger partial charge in [-0.05, 0) is 11.6 Å². The molecule has 1 aliphatic rings. The van der Waals surface area contributed by atoms with Gasteiger partial charge in [-0.1, -0.05) is 12.1 Å². The Kier molecular flexibility index (Phi) is 3.80. The number of piperazine rings is 1. The maximum Gasteiger partial charge on any atom is 0.312 e. The predicted molar refractivity (Wildman–Crippen MR) is 67.3 cm³/mol. The first kappa shape index (κ1) is 13.5. The van der Waals surface area contributed by atoms with E-state index in [0.717, 1.165) is 0 Å². The van der Waals surface area contributed by atoms with Crippen LogP contribution in [0.3, 0.4) is 0 Å². The number of amides is 2. The van der Waals surface area contributed by atoms with E-state index in [-0.39, 0.29) is 13.1 Å². The van der Waals surface area contributed by atoms with Crippen molar-refractivity contribution in [2.45, 2.75) is 13.1 Å². The fraction of sp³-hybridized carbons (Fsp3) is 0.385. The number of rotatable bonds is 3. The Morgan fingerprint density at radius 3 is 2.63 bits per heavy atom. The molecular formula is C13H16FN3O2. The van der Waals surface area contributed by atoms with E-state index in [2.05, 4.69) is 0 Å². The molecule has 1 fully saturated rings. The van der Waals surface area contributed by atoms with E-state index in [9.17, 15) is 14.0 Å². The number of hydrogen-bond donors (Lipinski definition) is 1. The lowest BCUT2D eigenvalue weighted by molar-refractivity contribution is -0.155. The van der Waals surface area contributed by atoms with Crippen LogP contribution in [0.1, 0.15) is 11.1 Å². The molecule has 0 atom stereocenters. The van der Waals surface area contributed by atoms with E-state index in [0.29, 0.717) is 24.2 Å². The number of nitrogens with two attached hydrogens (primary N) is 1. The molecule has 19 heavy (non-hydrogen) atoms. The number of carbonyl (C=O) groups is 2. The van der Waals surface area contributed by atoms with E-state index < -0.39 is 17.6 Å². The van der Waals surface area contributed by atoms with Crippen LogP contribution in [0.4, 0.5) is 4.39 Å². The van der Waals surface area contributed by atoms with Gasteiger partial charge in [-0.3, -0.25) is 9.59 Å². The summed E-state index contributed by atoms with van der Waals surface area (Å²) in [6.07, 6.45) is 0. The Morgan fingerprint density at radius 2 is 2.00 bits per heavy atom. The summed E-state index contributed by atoms with van der Waals surface area (Å²) in [4.78, 5) is 26.0. The minimum absolute atomic E-state index is 0.106. The smallest absolute Gasteiger partial charge is 0.312 e. The Labute approximate surface area is 110 Å². The van der Waals surface area contributed by atoms with Crippen LogP contribution in [0.5, 0.6) is 0 Å². The third-order valence-electron chi connectivity index (χ3n) is 3.24. The highest BCUT2D eigenvalue weighted by molar-refractivity contribution is 6.35. The average Bonchev–Trinajstić information content (AvgIpc) is 2.41. The summed E-state index contributed by atoms with van der Waals surface area (Å²) >= 11 is 0. The fourth-order valence-corrected chi connectivity index (χ4v) is 1.97. The number of benzene rings is 1. The highest BCUT2D eigenvalue weighted by atomic mass is 19.1. The summed E-state index contributed by atoms with van der Waals surface area (Å²) in [5.41, 5.74) is 6.52. The molecule has 0 aliphatic carbocycles. The Hall–Kier alpha value is -1.95. The van der Waals surface area contributed by atoms with Gasteiger partial charge in [-0.25, -0.2) is 4.39 Å². The van der Waals surface area contributed by atoms with Crippen LogP contribution in [0, 0.1) is 5.82 Å². The molecule has 0 bridgehead atoms. The largest absolute Gasteiger partial charge is 0.336 e. The molecule has 0 unspecified atom stereocenters. The first-order valence-corrected chi connectivity index (χ1v) is 6.04. The zero-order valence-corrected chi connectivity index (χ0v) is 10.7. The van der Waals surface area contributed by atoms with Gasteiger partial charge in [0.15, 0.2) is 0 Å². The molecule has 1 heterocycles. The van der Waals surface area contributed by atoms with Crippen LogP contribution < -0.4 is 5.73 Å². The van der Waals surface area contributed by atoms with Crippen molar-refractivity contribution >= 4 is 11.8 Å². The summed E-state index contributed by atoms with van der Waals surface area (Å²) < 4.78 is 13.8. The summed E-state index contributed by atoms with van der Waals surface area (Å²) in [6.45, 7) is 1.25. The molecule has 0 radical (unpaired) electrons. The molecule has 0 aromatic heterocycles. The summed E-state index contributed by atoms with van der Waals surface area (Å²) in [6, 6.07) is 4.69. The molecule has 1 aliphatic heterocycles. The molecule has 1 aromatic carbocycles. The van der Waals surface area contributed by atoms with Gasteiger partial charge in [-0.2, -0.15) is 0 Å². The number of carbonyl (C=O) groups excluding carboxylic acids is 2. The Morgan fingerprint density at radius 1 is 1.26 bits per heavy atom. The minimum atomic E-state index is -0.587. The van der Waals surface area contributed by atoms with E-state index in [1.807, 2.05) is 0 Å². The standard InChI is InChI=1S/C13H16FN3O2/c1-16-4-5-17(13(19)12(16)18)8-10-3-2-9(7-15)6-11(10)14/h2-3,6H,4-5,7-8,15H2,1H3. The van der Waals surface area contributed by atoms with Crippen LogP contribution in [-0.4, -0.2) is 41.8 Å². The highest BCUT2D eigenvalue weighted by Crippen LogP contribution is 2.14. The van der Waals surface area contributed by atoms with Crippen LogP contribution >= 0.6 is 0 Å². The van der Waals surface area contributed by atoms with Gasteiger partial charge in [0.1, 0.15) is 5.82 Å². The van der Waals surface area contributed by atoms with Crippen LogP contribution in [0.25, 0.3) is 0 Å². The number of nitrogens with zero attached hydrogens (tertiary/aromatic N) is 2. The van der Waals surface area contributed by atoms with Crippen molar-refractivity contribution in [1.82, 2.24) is 9.80 Å². The average molecular weight is 265 g/mol. The summed E-state index contributed by atoms with van der Waals surface area (Å²) in [7, 11) is 1.58. The van der Waals surface area contributed by atoms with E-state index in [1.165, 1.54) is 15.9 Å². The van der Waals surface area contributed by atoms with Gasteiger partial charge in [-0.15, -0.1) is 0 Å². The predicted octanol–water partition coefficient (Wildman–Crippen LogP) is 0.0850. The molecule has 1 aromatic rings. The van der Waals surface area contributed by atoms with Gasteiger partial charge >= 0.3 is 11.8 Å². The lowest BCUT2D eigenvalue weighted by Crippen LogP contribution is -2.52. The van der Waals surface area contributed by atoms with Crippen molar-refractivity contribution in [3.8, 4) is 0 Å². The lowest BCUT2D eigenvalue weighted by Gasteiger charge is -2.31. The van der Waals surface area contributed by atoms with Gasteiger partial charge in [0, 0.05) is 38.8 Å². The molecular weight excluding hydrogens is 249 g/mol. The maximum absolute atomic E-state index is 13.8. The van der Waals surface area contributed by atoms with Gasteiger partial charge < -0.3 is 15.5 Å². The van der Waals surface area contributed by atoms with Gasteiger partial charge in [0.05, 0.1) is 0 Å². The second-order valence-electron chi connectivity index (χ2n) is 4.58. The van der Waals surface area contributed by atoms with Gasteiger partial charge in [0.25, 0.3) is 0 Å². The number of hydrogen-bond acceptors (Lipinski definition) is 3. The maximum atomic E-state index is 13.8. The highest BCUT2D eigenvalue weighted by Gasteiger charge is 2.30. The van der Waals surface area contributed by atoms with Crippen molar-refractivity contribution in [1.29, 1.82) is 0 Å². The van der Waals surface area contributed by atoms with Gasteiger partial charge in [0.2, 0.25) is 0 Å². The summed E-state index contributed by atoms with van der Waals surface area (Å²) in [5.74, 6) is -1.54. The molecule has 2 amide bonds. The number of halogens is 1. The Balaban J connectivity index is 2.13. The van der Waals surface area contributed by atoms with E-state index in [1.54, 1.807) is 19.2 Å². The zero-order valence-electron chi connectivity index (χ0n) is 10.7. The first-order chi connectivity index (χ1) is 9.02. The van der Waals surface area contributed by atoms with Crippen molar-refractivity contribution in [2.75, 3.05) is 20.1 Å². The number of likely N-dealkylation sites (N-methyl/N-ethyl adjacent to an activating group) is 1. The monoisotopic (exact) mass is 265 g/mol. The second kappa shape index (κ2) is 5.36.